The molecule has 3 rings (SSSR count). The van der Waals surface area contributed by atoms with Gasteiger partial charge in [0.05, 0.1) is 12.6 Å². The molecule has 3 nitrogen and oxygen atoms in total. The first kappa shape index (κ1) is 13.4. The van der Waals surface area contributed by atoms with Gasteiger partial charge in [0.2, 0.25) is 5.78 Å². The van der Waals surface area contributed by atoms with Crippen LogP contribution in [0, 0.1) is 0 Å². The fraction of sp³-hybridized carbons (Fsp3) is 0.471. The Morgan fingerprint density at radius 1 is 1.35 bits per heavy atom. The molecule has 0 aliphatic carbocycles. The monoisotopic (exact) mass is 271 g/mol. The van der Waals surface area contributed by atoms with E-state index in [1.807, 2.05) is 30.5 Å². The number of likely N-dealkylation sites (tertiary alicyclic amines) is 1. The molecule has 1 unspecified atom stereocenters. The summed E-state index contributed by atoms with van der Waals surface area (Å²) in [6.45, 7) is 4.03. The van der Waals surface area contributed by atoms with Crippen LogP contribution in [0.1, 0.15) is 43.0 Å². The molecule has 0 radical (unpaired) electrons. The number of H-pyrrole nitrogens is 1. The molecule has 2 N–H and O–H groups in total. The predicted octanol–water partition coefficient (Wildman–Crippen LogP) is 2.20. The van der Waals surface area contributed by atoms with E-state index in [9.17, 15) is 4.79 Å². The van der Waals surface area contributed by atoms with Crippen LogP contribution in [0.25, 0.3) is 10.9 Å². The number of hydrogen-bond donors (Lipinski definition) is 2. The molecule has 3 heteroatoms. The number of rotatable bonds is 4. The first-order chi connectivity index (χ1) is 9.79. The Balaban J connectivity index is 1.78. The number of benzene rings is 1. The smallest absolute Gasteiger partial charge is 0.219 e. The molecule has 1 saturated heterocycles. The number of quaternary nitrogens is 1. The van der Waals surface area contributed by atoms with E-state index in [1.165, 1.54) is 30.6 Å². The molecule has 106 valence electrons. The highest BCUT2D eigenvalue weighted by Gasteiger charge is 2.27. The van der Waals surface area contributed by atoms with E-state index in [4.69, 9.17) is 0 Å². The Kier molecular flexibility index (Phi) is 3.88. The van der Waals surface area contributed by atoms with E-state index in [-0.39, 0.29) is 5.78 Å². The van der Waals surface area contributed by atoms with E-state index in [0.29, 0.717) is 12.6 Å². The summed E-state index contributed by atoms with van der Waals surface area (Å²) in [6.07, 6.45) is 6.90. The highest BCUT2D eigenvalue weighted by atomic mass is 16.1. The van der Waals surface area contributed by atoms with Crippen LogP contribution in [0.4, 0.5) is 0 Å². The van der Waals surface area contributed by atoms with Crippen LogP contribution in [-0.4, -0.2) is 29.9 Å². The topological polar surface area (TPSA) is 37.3 Å². The molecule has 2 aromatic rings. The van der Waals surface area contributed by atoms with Crippen molar-refractivity contribution in [3.05, 3.63) is 36.0 Å². The molecule has 0 amide bonds. The van der Waals surface area contributed by atoms with E-state index in [2.05, 4.69) is 11.9 Å². The van der Waals surface area contributed by atoms with Gasteiger partial charge in [0, 0.05) is 22.7 Å². The van der Waals surface area contributed by atoms with Crippen LogP contribution in [0.3, 0.4) is 0 Å². The summed E-state index contributed by atoms with van der Waals surface area (Å²) < 4.78 is 0. The largest absolute Gasteiger partial charge is 0.360 e. The maximum Gasteiger partial charge on any atom is 0.219 e. The predicted molar refractivity (Wildman–Crippen MR) is 81.3 cm³/mol. The first-order valence-electron chi connectivity index (χ1n) is 7.73. The molecule has 20 heavy (non-hydrogen) atoms. The summed E-state index contributed by atoms with van der Waals surface area (Å²) in [5, 5.41) is 1.06. The van der Waals surface area contributed by atoms with Gasteiger partial charge < -0.3 is 9.88 Å². The second-order valence-electron chi connectivity index (χ2n) is 5.86. The third-order valence-corrected chi connectivity index (χ3v) is 4.65. The average Bonchev–Trinajstić information content (AvgIpc) is 2.92. The van der Waals surface area contributed by atoms with Crippen molar-refractivity contribution >= 4 is 16.7 Å². The van der Waals surface area contributed by atoms with E-state index < -0.39 is 0 Å². The summed E-state index contributed by atoms with van der Waals surface area (Å²) >= 11 is 0. The van der Waals surface area contributed by atoms with Crippen LogP contribution < -0.4 is 4.90 Å². The number of aromatic nitrogens is 1. The van der Waals surface area contributed by atoms with Crippen LogP contribution in [0.15, 0.2) is 30.5 Å². The molecule has 0 saturated carbocycles. The van der Waals surface area contributed by atoms with Crippen molar-refractivity contribution in [3.8, 4) is 0 Å². The highest BCUT2D eigenvalue weighted by molar-refractivity contribution is 6.08. The zero-order valence-electron chi connectivity index (χ0n) is 12.1. The van der Waals surface area contributed by atoms with Gasteiger partial charge in [0.25, 0.3) is 0 Å². The van der Waals surface area contributed by atoms with Crippen molar-refractivity contribution in [3.63, 3.8) is 0 Å². The number of carbonyl (C=O) groups excluding carboxylic acids is 1. The van der Waals surface area contributed by atoms with Gasteiger partial charge in [-0.15, -0.1) is 0 Å². The van der Waals surface area contributed by atoms with Gasteiger partial charge in [-0.3, -0.25) is 4.79 Å². The average molecular weight is 271 g/mol. The van der Waals surface area contributed by atoms with Gasteiger partial charge in [-0.25, -0.2) is 0 Å². The molecule has 1 aromatic carbocycles. The molecule has 1 fully saturated rings. The minimum absolute atomic E-state index is 0.276. The number of fused-ring (bicyclic) bond motifs is 1. The lowest BCUT2D eigenvalue weighted by Gasteiger charge is -2.31. The van der Waals surface area contributed by atoms with Crippen LogP contribution >= 0.6 is 0 Å². The van der Waals surface area contributed by atoms with E-state index in [0.717, 1.165) is 23.0 Å². The molecule has 2 atom stereocenters. The SMILES string of the molecule is CC[C@H]1CCCC[NH+]1CC(=O)c1c[nH]c2ccccc12. The molecule has 1 aliphatic heterocycles. The number of para-hydroxylation sites is 1. The molecular weight excluding hydrogens is 248 g/mol. The second-order valence-corrected chi connectivity index (χ2v) is 5.86. The van der Waals surface area contributed by atoms with Crippen molar-refractivity contribution in [2.75, 3.05) is 13.1 Å². The lowest BCUT2D eigenvalue weighted by atomic mass is 9.99. The Bertz CT molecular complexity index is 602. The third-order valence-electron chi connectivity index (χ3n) is 4.65. The molecule has 0 bridgehead atoms. The van der Waals surface area contributed by atoms with Crippen LogP contribution in [-0.2, 0) is 0 Å². The molecule has 1 aromatic heterocycles. The third kappa shape index (κ3) is 2.50. The van der Waals surface area contributed by atoms with Gasteiger partial charge in [-0.05, 0) is 31.7 Å². The summed E-state index contributed by atoms with van der Waals surface area (Å²) in [5.74, 6) is 0.276. The number of ketones is 1. The molecule has 0 spiro atoms. The fourth-order valence-corrected chi connectivity index (χ4v) is 3.48. The molecule has 1 aliphatic rings. The van der Waals surface area contributed by atoms with Crippen molar-refractivity contribution < 1.29 is 9.69 Å². The lowest BCUT2D eigenvalue weighted by Crippen LogP contribution is -3.17. The number of nitrogens with one attached hydrogen (secondary N) is 2. The number of Topliss-reactive ketones (excluding diaryl/α,β-unsaturated/α-hetero) is 1. The maximum absolute atomic E-state index is 12.6. The van der Waals surface area contributed by atoms with Crippen molar-refractivity contribution in [2.45, 2.75) is 38.6 Å². The van der Waals surface area contributed by atoms with E-state index in [1.54, 1.807) is 0 Å². The quantitative estimate of drug-likeness (QED) is 0.822. The van der Waals surface area contributed by atoms with Gasteiger partial charge in [-0.2, -0.15) is 0 Å². The number of piperidine rings is 1. The van der Waals surface area contributed by atoms with Gasteiger partial charge in [0.15, 0.2) is 0 Å². The second kappa shape index (κ2) is 5.80. The van der Waals surface area contributed by atoms with Gasteiger partial charge in [-0.1, -0.05) is 25.1 Å². The van der Waals surface area contributed by atoms with Gasteiger partial charge >= 0.3 is 0 Å². The number of hydrogen-bond acceptors (Lipinski definition) is 1. The molecule has 2 heterocycles. The van der Waals surface area contributed by atoms with Crippen molar-refractivity contribution in [1.82, 2.24) is 4.98 Å². The minimum atomic E-state index is 0.276. The highest BCUT2D eigenvalue weighted by Crippen LogP contribution is 2.17. The standard InChI is InChI=1S/C17H22N2O/c1-2-13-7-5-6-10-19(13)12-17(20)15-11-18-16-9-4-3-8-14(15)16/h3-4,8-9,11,13,18H,2,5-7,10,12H2,1H3/p+1/t13-/m0/s1. The Labute approximate surface area is 120 Å². The Hall–Kier alpha value is -1.61. The molecular formula is C17H23N2O+. The van der Waals surface area contributed by atoms with Crippen LogP contribution in [0.2, 0.25) is 0 Å². The van der Waals surface area contributed by atoms with Crippen molar-refractivity contribution in [1.29, 1.82) is 0 Å². The van der Waals surface area contributed by atoms with Gasteiger partial charge in [0.1, 0.15) is 6.54 Å². The van der Waals surface area contributed by atoms with E-state index >= 15 is 0 Å². The summed E-state index contributed by atoms with van der Waals surface area (Å²) in [4.78, 5) is 17.3. The Morgan fingerprint density at radius 3 is 3.05 bits per heavy atom. The first-order valence-corrected chi connectivity index (χ1v) is 7.73. The number of aromatic amines is 1. The normalized spacial score (nSPS) is 23.1. The summed E-state index contributed by atoms with van der Waals surface area (Å²) in [6, 6.07) is 8.71. The lowest BCUT2D eigenvalue weighted by molar-refractivity contribution is -0.922. The Morgan fingerprint density at radius 2 is 2.20 bits per heavy atom. The number of carbonyl (C=O) groups is 1. The fourth-order valence-electron chi connectivity index (χ4n) is 3.48. The summed E-state index contributed by atoms with van der Waals surface area (Å²) in [5.41, 5.74) is 1.91. The zero-order chi connectivity index (χ0) is 13.9. The maximum atomic E-state index is 12.6. The van der Waals surface area contributed by atoms with Crippen molar-refractivity contribution in [2.24, 2.45) is 0 Å². The minimum Gasteiger partial charge on any atom is -0.360 e. The van der Waals surface area contributed by atoms with Crippen LogP contribution in [0.5, 0.6) is 0 Å². The zero-order valence-corrected chi connectivity index (χ0v) is 12.1. The summed E-state index contributed by atoms with van der Waals surface area (Å²) in [7, 11) is 0.